The molecule has 0 unspecified atom stereocenters. The SMILES string of the molecule is C=CC[C@H](NC(=O)OC(C)(C)C)c1cc(-c2cc(F)ccc2N)ccn1. The predicted octanol–water partition coefficient (Wildman–Crippen LogP) is 4.61. The Morgan fingerprint density at radius 3 is 2.77 bits per heavy atom. The third kappa shape index (κ3) is 5.31. The first-order valence-electron chi connectivity index (χ1n) is 8.31. The van der Waals surface area contributed by atoms with E-state index in [-0.39, 0.29) is 5.82 Å². The van der Waals surface area contributed by atoms with E-state index < -0.39 is 17.7 Å². The molecule has 6 heteroatoms. The van der Waals surface area contributed by atoms with Gasteiger partial charge in [0.05, 0.1) is 11.7 Å². The van der Waals surface area contributed by atoms with Gasteiger partial charge in [-0.2, -0.15) is 0 Å². The molecule has 0 radical (unpaired) electrons. The lowest BCUT2D eigenvalue weighted by molar-refractivity contribution is 0.0503. The number of hydrogen-bond donors (Lipinski definition) is 2. The number of nitrogens with one attached hydrogen (secondary N) is 1. The van der Waals surface area contributed by atoms with Gasteiger partial charge in [0.2, 0.25) is 0 Å². The van der Waals surface area contributed by atoms with E-state index in [0.29, 0.717) is 28.9 Å². The number of carbonyl (C=O) groups excluding carboxylic acids is 1. The minimum absolute atomic E-state index is 0.373. The number of pyridine rings is 1. The first-order valence-corrected chi connectivity index (χ1v) is 8.31. The Labute approximate surface area is 153 Å². The number of halogens is 1. The van der Waals surface area contributed by atoms with Gasteiger partial charge in [0.1, 0.15) is 11.4 Å². The molecule has 3 N–H and O–H groups in total. The Hall–Kier alpha value is -2.89. The molecule has 5 nitrogen and oxygen atoms in total. The second-order valence-corrected chi connectivity index (χ2v) is 6.92. The number of nitrogens with zero attached hydrogens (tertiary/aromatic N) is 1. The fourth-order valence-corrected chi connectivity index (χ4v) is 2.46. The zero-order valence-electron chi connectivity index (χ0n) is 15.3. The number of carbonyl (C=O) groups is 1. The van der Waals surface area contributed by atoms with Crippen LogP contribution in [0.15, 0.2) is 49.2 Å². The maximum Gasteiger partial charge on any atom is 0.408 e. The zero-order chi connectivity index (χ0) is 19.3. The molecule has 0 saturated carbocycles. The number of ether oxygens (including phenoxy) is 1. The minimum Gasteiger partial charge on any atom is -0.444 e. The standard InChI is InChI=1S/C20H24FN3O2/c1-5-6-17(24-19(25)26-20(2,3)4)18-11-13(9-10-23-18)15-12-14(21)7-8-16(15)22/h5,7-12,17H,1,6,22H2,2-4H3,(H,24,25)/t17-/m0/s1. The number of rotatable bonds is 5. The molecule has 138 valence electrons. The van der Waals surface area contributed by atoms with Crippen LogP contribution in [0.3, 0.4) is 0 Å². The van der Waals surface area contributed by atoms with E-state index in [4.69, 9.17) is 10.5 Å². The number of aromatic nitrogens is 1. The summed E-state index contributed by atoms with van der Waals surface area (Å²) in [7, 11) is 0. The van der Waals surface area contributed by atoms with Crippen LogP contribution >= 0.6 is 0 Å². The molecule has 0 aliphatic carbocycles. The largest absolute Gasteiger partial charge is 0.444 e. The smallest absolute Gasteiger partial charge is 0.408 e. The van der Waals surface area contributed by atoms with Gasteiger partial charge in [0.15, 0.2) is 0 Å². The normalized spacial score (nSPS) is 12.3. The van der Waals surface area contributed by atoms with Crippen molar-refractivity contribution < 1.29 is 13.9 Å². The van der Waals surface area contributed by atoms with E-state index in [2.05, 4.69) is 16.9 Å². The first-order chi connectivity index (χ1) is 12.2. The van der Waals surface area contributed by atoms with Crippen molar-refractivity contribution in [2.75, 3.05) is 5.73 Å². The second kappa shape index (κ2) is 7.99. The lowest BCUT2D eigenvalue weighted by Gasteiger charge is -2.23. The van der Waals surface area contributed by atoms with Crippen LogP contribution < -0.4 is 11.1 Å². The van der Waals surface area contributed by atoms with Crippen LogP contribution in [0.2, 0.25) is 0 Å². The molecule has 0 fully saturated rings. The molecule has 2 aromatic rings. The number of anilines is 1. The number of nitrogen functional groups attached to an aromatic ring is 1. The Balaban J connectivity index is 2.31. The highest BCUT2D eigenvalue weighted by atomic mass is 19.1. The van der Waals surface area contributed by atoms with Crippen LogP contribution in [0.4, 0.5) is 14.9 Å². The molecule has 0 spiro atoms. The number of hydrogen-bond acceptors (Lipinski definition) is 4. The van der Waals surface area contributed by atoms with Crippen molar-refractivity contribution in [1.82, 2.24) is 10.3 Å². The number of amides is 1. The van der Waals surface area contributed by atoms with Crippen molar-refractivity contribution in [3.63, 3.8) is 0 Å². The first kappa shape index (κ1) is 19.4. The Morgan fingerprint density at radius 2 is 2.12 bits per heavy atom. The van der Waals surface area contributed by atoms with E-state index in [0.717, 1.165) is 0 Å². The van der Waals surface area contributed by atoms with Crippen LogP contribution in [-0.4, -0.2) is 16.7 Å². The van der Waals surface area contributed by atoms with Crippen molar-refractivity contribution in [2.45, 2.75) is 38.8 Å². The van der Waals surface area contributed by atoms with Gasteiger partial charge >= 0.3 is 6.09 Å². The van der Waals surface area contributed by atoms with E-state index in [1.165, 1.54) is 18.2 Å². The monoisotopic (exact) mass is 357 g/mol. The van der Waals surface area contributed by atoms with Gasteiger partial charge < -0.3 is 15.8 Å². The summed E-state index contributed by atoms with van der Waals surface area (Å²) in [6.07, 6.45) is 3.21. The zero-order valence-corrected chi connectivity index (χ0v) is 15.3. The molecule has 0 aliphatic rings. The summed E-state index contributed by atoms with van der Waals surface area (Å²) in [4.78, 5) is 16.4. The van der Waals surface area contributed by atoms with Gasteiger partial charge in [-0.25, -0.2) is 9.18 Å². The molecule has 1 aromatic carbocycles. The molecule has 0 bridgehead atoms. The van der Waals surface area contributed by atoms with Gasteiger partial charge in [-0.05, 0) is 63.1 Å². The van der Waals surface area contributed by atoms with Gasteiger partial charge in [0, 0.05) is 17.4 Å². The summed E-state index contributed by atoms with van der Waals surface area (Å²) in [5.74, 6) is -0.373. The Kier molecular flexibility index (Phi) is 5.97. The minimum atomic E-state index is -0.603. The van der Waals surface area contributed by atoms with Crippen LogP contribution in [0.1, 0.15) is 38.9 Å². The van der Waals surface area contributed by atoms with Crippen LogP contribution in [0.5, 0.6) is 0 Å². The predicted molar refractivity (Wildman–Crippen MR) is 101 cm³/mol. The molecule has 1 heterocycles. The quantitative estimate of drug-likeness (QED) is 0.605. The molecule has 0 aliphatic heterocycles. The van der Waals surface area contributed by atoms with E-state index in [1.807, 2.05) is 0 Å². The molecule has 1 amide bonds. The van der Waals surface area contributed by atoms with Crippen LogP contribution in [0, 0.1) is 5.82 Å². The van der Waals surface area contributed by atoms with Gasteiger partial charge in [-0.1, -0.05) is 6.08 Å². The van der Waals surface area contributed by atoms with E-state index in [9.17, 15) is 9.18 Å². The summed E-state index contributed by atoms with van der Waals surface area (Å²) >= 11 is 0. The van der Waals surface area contributed by atoms with Crippen molar-refractivity contribution in [3.8, 4) is 11.1 Å². The molecule has 1 aromatic heterocycles. The van der Waals surface area contributed by atoms with Gasteiger partial charge in [-0.15, -0.1) is 6.58 Å². The summed E-state index contributed by atoms with van der Waals surface area (Å²) in [6.45, 7) is 9.10. The lowest BCUT2D eigenvalue weighted by Crippen LogP contribution is -2.35. The van der Waals surface area contributed by atoms with Crippen molar-refractivity contribution in [1.29, 1.82) is 0 Å². The van der Waals surface area contributed by atoms with Crippen molar-refractivity contribution in [3.05, 3.63) is 60.7 Å². The molecular weight excluding hydrogens is 333 g/mol. The fourth-order valence-electron chi connectivity index (χ4n) is 2.46. The lowest BCUT2D eigenvalue weighted by atomic mass is 10.0. The summed E-state index contributed by atoms with van der Waals surface area (Å²) in [6, 6.07) is 7.30. The fraction of sp³-hybridized carbons (Fsp3) is 0.300. The van der Waals surface area contributed by atoms with Crippen LogP contribution in [0.25, 0.3) is 11.1 Å². The summed E-state index contributed by atoms with van der Waals surface area (Å²) < 4.78 is 18.9. The molecule has 1 atom stereocenters. The number of benzene rings is 1. The highest BCUT2D eigenvalue weighted by Crippen LogP contribution is 2.28. The Bertz CT molecular complexity index is 800. The number of nitrogens with two attached hydrogens (primary N) is 1. The van der Waals surface area contributed by atoms with Crippen LogP contribution in [-0.2, 0) is 4.74 Å². The van der Waals surface area contributed by atoms with E-state index >= 15 is 0 Å². The maximum atomic E-state index is 13.6. The Morgan fingerprint density at radius 1 is 1.38 bits per heavy atom. The highest BCUT2D eigenvalue weighted by Gasteiger charge is 2.21. The second-order valence-electron chi connectivity index (χ2n) is 6.92. The van der Waals surface area contributed by atoms with Gasteiger partial charge in [0.25, 0.3) is 0 Å². The summed E-state index contributed by atoms with van der Waals surface area (Å²) in [5.41, 5.74) is 7.72. The van der Waals surface area contributed by atoms with Gasteiger partial charge in [-0.3, -0.25) is 4.98 Å². The highest BCUT2D eigenvalue weighted by molar-refractivity contribution is 5.76. The third-order valence-electron chi connectivity index (χ3n) is 3.56. The molecular formula is C20H24FN3O2. The molecule has 26 heavy (non-hydrogen) atoms. The third-order valence-corrected chi connectivity index (χ3v) is 3.56. The average molecular weight is 357 g/mol. The van der Waals surface area contributed by atoms with E-state index in [1.54, 1.807) is 45.2 Å². The topological polar surface area (TPSA) is 77.2 Å². The average Bonchev–Trinajstić information content (AvgIpc) is 2.55. The maximum absolute atomic E-state index is 13.6. The van der Waals surface area contributed by atoms with Crippen molar-refractivity contribution >= 4 is 11.8 Å². The number of alkyl carbamates (subject to hydrolysis) is 1. The molecule has 2 rings (SSSR count). The summed E-state index contributed by atoms with van der Waals surface area (Å²) in [5, 5.41) is 2.80. The van der Waals surface area contributed by atoms with Crippen molar-refractivity contribution in [2.24, 2.45) is 0 Å². The molecule has 0 saturated heterocycles.